The van der Waals surface area contributed by atoms with Crippen molar-refractivity contribution in [1.82, 2.24) is 14.8 Å². The van der Waals surface area contributed by atoms with Crippen LogP contribution in [0.3, 0.4) is 0 Å². The van der Waals surface area contributed by atoms with Crippen LogP contribution in [-0.2, 0) is 6.42 Å². The summed E-state index contributed by atoms with van der Waals surface area (Å²) in [4.78, 5) is 4.24. The van der Waals surface area contributed by atoms with Crippen LogP contribution in [0.1, 0.15) is 45.5 Å². The van der Waals surface area contributed by atoms with E-state index in [4.69, 9.17) is 11.6 Å². The summed E-state index contributed by atoms with van der Waals surface area (Å²) in [6, 6.07) is 0.390. The van der Waals surface area contributed by atoms with Crippen molar-refractivity contribution in [2.45, 2.75) is 51.5 Å². The molecular weight excluding hydrogens is 198 g/mol. The Kier molecular flexibility index (Phi) is 4.39. The van der Waals surface area contributed by atoms with Crippen LogP contribution in [-0.4, -0.2) is 20.1 Å². The van der Waals surface area contributed by atoms with Gasteiger partial charge in [-0.05, 0) is 33.6 Å². The Morgan fingerprint density at radius 3 is 2.71 bits per heavy atom. The lowest BCUT2D eigenvalue weighted by molar-refractivity contribution is 0.498. The van der Waals surface area contributed by atoms with Gasteiger partial charge in [0.25, 0.3) is 0 Å². The Bertz CT molecular complexity index is 268. The normalized spacial score (nSPS) is 13.5. The highest BCUT2D eigenvalue weighted by molar-refractivity contribution is 6.20. The molecule has 1 atom stereocenters. The third-order valence-electron chi connectivity index (χ3n) is 2.14. The highest BCUT2D eigenvalue weighted by atomic mass is 35.5. The lowest BCUT2D eigenvalue weighted by Gasteiger charge is -2.09. The molecular formula is C10H18ClN3. The summed E-state index contributed by atoms with van der Waals surface area (Å²) in [7, 11) is 0. The van der Waals surface area contributed by atoms with Crippen molar-refractivity contribution in [2.75, 3.05) is 0 Å². The summed E-state index contributed by atoms with van der Waals surface area (Å²) in [5, 5.41) is 4.44. The number of alkyl halides is 1. The Morgan fingerprint density at radius 1 is 1.43 bits per heavy atom. The fourth-order valence-electron chi connectivity index (χ4n) is 1.43. The molecule has 0 spiro atoms. The quantitative estimate of drug-likeness (QED) is 0.708. The summed E-state index contributed by atoms with van der Waals surface area (Å²) in [5.74, 6) is 1.07. The molecule has 0 fully saturated rings. The zero-order valence-corrected chi connectivity index (χ0v) is 9.83. The van der Waals surface area contributed by atoms with E-state index >= 15 is 0 Å². The summed E-state index contributed by atoms with van der Waals surface area (Å²) in [5.41, 5.74) is 0. The molecule has 0 N–H and O–H groups in total. The van der Waals surface area contributed by atoms with Gasteiger partial charge in [-0.1, -0.05) is 0 Å². The summed E-state index contributed by atoms with van der Waals surface area (Å²) >= 11 is 5.88. The average molecular weight is 216 g/mol. The summed E-state index contributed by atoms with van der Waals surface area (Å²) in [6.45, 7) is 6.25. The van der Waals surface area contributed by atoms with Crippen LogP contribution in [0.5, 0.6) is 0 Å². The minimum atomic E-state index is 0.255. The van der Waals surface area contributed by atoms with Gasteiger partial charge >= 0.3 is 0 Å². The number of aromatic nitrogens is 3. The standard InChI is InChI=1S/C10H18ClN3/c1-8(2)14-10(12-7-13-14)6-4-5-9(3)11/h7-9H,4-6H2,1-3H3. The van der Waals surface area contributed by atoms with E-state index in [1.165, 1.54) is 0 Å². The van der Waals surface area contributed by atoms with E-state index in [9.17, 15) is 0 Å². The van der Waals surface area contributed by atoms with Gasteiger partial charge in [-0.3, -0.25) is 0 Å². The van der Waals surface area contributed by atoms with Crippen LogP contribution >= 0.6 is 11.6 Å². The van der Waals surface area contributed by atoms with Crippen LogP contribution in [0, 0.1) is 0 Å². The first kappa shape index (κ1) is 11.5. The molecule has 1 unspecified atom stereocenters. The number of halogens is 1. The minimum Gasteiger partial charge on any atom is -0.248 e. The molecule has 0 aliphatic carbocycles. The molecule has 0 amide bonds. The Balaban J connectivity index is 2.46. The van der Waals surface area contributed by atoms with Crippen molar-refractivity contribution < 1.29 is 0 Å². The van der Waals surface area contributed by atoms with E-state index in [-0.39, 0.29) is 5.38 Å². The molecule has 14 heavy (non-hydrogen) atoms. The molecule has 1 aromatic rings. The second-order valence-electron chi connectivity index (χ2n) is 3.89. The van der Waals surface area contributed by atoms with Crippen LogP contribution in [0.2, 0.25) is 0 Å². The number of nitrogens with zero attached hydrogens (tertiary/aromatic N) is 3. The maximum Gasteiger partial charge on any atom is 0.138 e. The van der Waals surface area contributed by atoms with Gasteiger partial charge in [0.05, 0.1) is 0 Å². The molecule has 0 radical (unpaired) electrons. The van der Waals surface area contributed by atoms with E-state index < -0.39 is 0 Å². The fraction of sp³-hybridized carbons (Fsp3) is 0.800. The molecule has 0 aromatic carbocycles. The highest BCUT2D eigenvalue weighted by Gasteiger charge is 2.07. The molecule has 0 saturated carbocycles. The molecule has 1 rings (SSSR count). The van der Waals surface area contributed by atoms with Gasteiger partial charge in [0.2, 0.25) is 0 Å². The molecule has 80 valence electrons. The van der Waals surface area contributed by atoms with Crippen molar-refractivity contribution in [3.63, 3.8) is 0 Å². The second kappa shape index (κ2) is 5.35. The zero-order chi connectivity index (χ0) is 10.6. The van der Waals surface area contributed by atoms with E-state index in [2.05, 4.69) is 23.9 Å². The lowest BCUT2D eigenvalue weighted by atomic mass is 10.2. The average Bonchev–Trinajstić information content (AvgIpc) is 2.51. The molecule has 0 bridgehead atoms. The first-order valence-electron chi connectivity index (χ1n) is 5.13. The number of rotatable bonds is 5. The SMILES string of the molecule is CC(Cl)CCCc1ncnn1C(C)C. The first-order chi connectivity index (χ1) is 6.61. The number of aryl methyl sites for hydroxylation is 1. The molecule has 1 aromatic heterocycles. The van der Waals surface area contributed by atoms with Crippen LogP contribution in [0.15, 0.2) is 6.33 Å². The van der Waals surface area contributed by atoms with Crippen LogP contribution in [0.25, 0.3) is 0 Å². The molecule has 1 heterocycles. The second-order valence-corrected chi connectivity index (χ2v) is 4.63. The van der Waals surface area contributed by atoms with Crippen molar-refractivity contribution in [2.24, 2.45) is 0 Å². The maximum atomic E-state index is 5.88. The smallest absolute Gasteiger partial charge is 0.138 e. The van der Waals surface area contributed by atoms with E-state index in [1.54, 1.807) is 6.33 Å². The Morgan fingerprint density at radius 2 is 2.14 bits per heavy atom. The predicted molar refractivity (Wildman–Crippen MR) is 58.7 cm³/mol. The van der Waals surface area contributed by atoms with Gasteiger partial charge in [0.15, 0.2) is 0 Å². The lowest BCUT2D eigenvalue weighted by Crippen LogP contribution is -2.08. The predicted octanol–water partition coefficient (Wildman–Crippen LogP) is 2.81. The number of hydrogen-bond donors (Lipinski definition) is 0. The molecule has 0 aliphatic rings. The molecule has 4 heteroatoms. The van der Waals surface area contributed by atoms with Gasteiger partial charge in [-0.25, -0.2) is 9.67 Å². The van der Waals surface area contributed by atoms with Crippen molar-refractivity contribution >= 4 is 11.6 Å². The molecule has 0 aliphatic heterocycles. The van der Waals surface area contributed by atoms with Crippen molar-refractivity contribution in [1.29, 1.82) is 0 Å². The van der Waals surface area contributed by atoms with Gasteiger partial charge in [0, 0.05) is 17.8 Å². The van der Waals surface area contributed by atoms with Gasteiger partial charge in [-0.2, -0.15) is 5.10 Å². The number of hydrogen-bond acceptors (Lipinski definition) is 2. The van der Waals surface area contributed by atoms with Crippen molar-refractivity contribution in [3.05, 3.63) is 12.2 Å². The topological polar surface area (TPSA) is 30.7 Å². The Labute approximate surface area is 90.5 Å². The Hall–Kier alpha value is -0.570. The molecule has 3 nitrogen and oxygen atoms in total. The van der Waals surface area contributed by atoms with Crippen LogP contribution in [0.4, 0.5) is 0 Å². The van der Waals surface area contributed by atoms with Gasteiger partial charge in [0.1, 0.15) is 12.2 Å². The zero-order valence-electron chi connectivity index (χ0n) is 9.07. The third kappa shape index (κ3) is 3.29. The van der Waals surface area contributed by atoms with Gasteiger partial charge < -0.3 is 0 Å². The van der Waals surface area contributed by atoms with E-state index in [0.717, 1.165) is 25.1 Å². The maximum absolute atomic E-state index is 5.88. The summed E-state index contributed by atoms with van der Waals surface area (Å²) in [6.07, 6.45) is 4.71. The summed E-state index contributed by atoms with van der Waals surface area (Å²) < 4.78 is 1.97. The molecule has 0 saturated heterocycles. The van der Waals surface area contributed by atoms with Crippen LogP contribution < -0.4 is 0 Å². The monoisotopic (exact) mass is 215 g/mol. The highest BCUT2D eigenvalue weighted by Crippen LogP contribution is 2.10. The minimum absolute atomic E-state index is 0.255. The van der Waals surface area contributed by atoms with E-state index in [0.29, 0.717) is 6.04 Å². The third-order valence-corrected chi connectivity index (χ3v) is 2.36. The van der Waals surface area contributed by atoms with Crippen molar-refractivity contribution in [3.8, 4) is 0 Å². The first-order valence-corrected chi connectivity index (χ1v) is 5.57. The fourth-order valence-corrected chi connectivity index (χ4v) is 1.58. The largest absolute Gasteiger partial charge is 0.248 e. The van der Waals surface area contributed by atoms with E-state index in [1.807, 2.05) is 11.6 Å². The van der Waals surface area contributed by atoms with Gasteiger partial charge in [-0.15, -0.1) is 11.6 Å².